The van der Waals surface area contributed by atoms with E-state index in [2.05, 4.69) is 0 Å². The normalized spacial score (nSPS) is 7.29. The minimum Gasteiger partial charge on any atom is 0 e. The molecule has 17 heavy (non-hydrogen) atoms. The fraction of sp³-hybridized carbons (Fsp3) is 0.833. The Balaban J connectivity index is -0.0000000114. The molecule has 1 atom stereocenters. The van der Waals surface area contributed by atoms with Gasteiger partial charge in [0.1, 0.15) is 6.04 Å². The number of carbonyl (C=O) groups is 1. The third kappa shape index (κ3) is 44.9. The van der Waals surface area contributed by atoms with E-state index < -0.39 is 12.0 Å². The first-order chi connectivity index (χ1) is 4.04. The zero-order chi connectivity index (χ0) is 7.44. The van der Waals surface area contributed by atoms with Gasteiger partial charge in [0, 0.05) is 105 Å². The monoisotopic (exact) mass is 548 g/mol. The van der Waals surface area contributed by atoms with Crippen LogP contribution in [-0.2, 0) is 110 Å². The van der Waals surface area contributed by atoms with Gasteiger partial charge in [0.05, 0.1) is 0 Å². The molecule has 0 aliphatic heterocycles. The Morgan fingerprint density at radius 2 is 1.59 bits per heavy atom. The van der Waals surface area contributed by atoms with Crippen LogP contribution in [0.4, 0.5) is 0 Å². The van der Waals surface area contributed by atoms with Crippen LogP contribution in [-0.4, -0.2) is 77.9 Å². The van der Waals surface area contributed by atoms with Crippen molar-refractivity contribution < 1.29 is 115 Å². The summed E-state index contributed by atoms with van der Waals surface area (Å²) in [5.41, 5.74) is 5.22. The molecular formula is C6H17CaCoCrCuFeMgMnNO2Zn. The van der Waals surface area contributed by atoms with Crippen molar-refractivity contribution >= 4 is 66.8 Å². The summed E-state index contributed by atoms with van der Waals surface area (Å²) >= 11 is 0. The first-order valence-electron chi connectivity index (χ1n) is 3.02. The molecule has 3 N–H and O–H groups in total. The van der Waals surface area contributed by atoms with Gasteiger partial charge in [-0.3, -0.25) is 4.79 Å². The number of nitrogens with two attached hydrogens (primary N) is 1. The van der Waals surface area contributed by atoms with Crippen LogP contribution in [0.15, 0.2) is 0 Å². The zero-order valence-electron chi connectivity index (χ0n) is 8.28. The Kier molecular flexibility index (Phi) is 126. The minimum absolute atomic E-state index is 0. The molecule has 0 aromatic heterocycles. The maximum Gasteiger partial charge on any atom is 0.316 e. The Morgan fingerprint density at radius 1 is 1.35 bits per heavy atom. The Bertz CT molecular complexity index is 142. The standard InChI is InChI=1S/C6H13NO2.Ca.Co.Cr.Cu.Fe.Mg.Mn.Zn.4H/c1-4(2)3-5(7)6(8)9;;;;;;;;;;;;/h4-5H,3,7H2,1-2H3,(H,8,9);;;;;;;;;;;;. The fourth-order valence-electron chi connectivity index (χ4n) is 0.609. The summed E-state index contributed by atoms with van der Waals surface area (Å²) in [6.07, 6.45) is 0.551. The maximum absolute atomic E-state index is 10.1. The number of hydrogen-bond acceptors (Lipinski definition) is 2. The third-order valence-corrected chi connectivity index (χ3v) is 1.04. The summed E-state index contributed by atoms with van der Waals surface area (Å²) in [4.78, 5) is 10.1. The van der Waals surface area contributed by atoms with E-state index in [9.17, 15) is 4.79 Å². The van der Waals surface area contributed by atoms with Gasteiger partial charge in [0.15, 0.2) is 0 Å². The molecule has 0 aliphatic carbocycles. The SMILES string of the molecule is CC(C)CC(N)C(=O)O.[CaH2].[Co].[Cr].[Cu].[Fe].[MgH2].[Mn].[Zn]. The summed E-state index contributed by atoms with van der Waals surface area (Å²) in [6.45, 7) is 3.89. The van der Waals surface area contributed by atoms with Gasteiger partial charge in [0.25, 0.3) is 0 Å². The molecule has 0 aromatic rings. The van der Waals surface area contributed by atoms with E-state index in [1.807, 2.05) is 13.8 Å². The summed E-state index contributed by atoms with van der Waals surface area (Å²) in [6, 6.07) is -0.690. The number of rotatable bonds is 3. The van der Waals surface area contributed by atoms with Crippen molar-refractivity contribution in [1.29, 1.82) is 0 Å². The van der Waals surface area contributed by atoms with Gasteiger partial charge in [-0.05, 0) is 12.3 Å². The molecule has 0 rings (SSSR count). The topological polar surface area (TPSA) is 63.3 Å². The van der Waals surface area contributed by atoms with E-state index in [0.717, 1.165) is 0 Å². The molecule has 105 valence electrons. The molecule has 0 amide bonds. The maximum atomic E-state index is 10.1. The first kappa shape index (κ1) is 57.7. The molecule has 0 fully saturated rings. The van der Waals surface area contributed by atoms with Gasteiger partial charge < -0.3 is 10.8 Å². The van der Waals surface area contributed by atoms with E-state index in [-0.39, 0.29) is 166 Å². The van der Waals surface area contributed by atoms with Crippen molar-refractivity contribution in [3.63, 3.8) is 0 Å². The van der Waals surface area contributed by atoms with Crippen LogP contribution in [0, 0.1) is 5.92 Å². The van der Waals surface area contributed by atoms with E-state index >= 15 is 0 Å². The Hall–Kier alpha value is 4.68. The number of hydrogen-bond donors (Lipinski definition) is 2. The summed E-state index contributed by atoms with van der Waals surface area (Å²) < 4.78 is 0. The van der Waals surface area contributed by atoms with Crippen LogP contribution in [0.5, 0.6) is 0 Å². The Morgan fingerprint density at radius 3 is 1.65 bits per heavy atom. The van der Waals surface area contributed by atoms with Crippen molar-refractivity contribution in [1.82, 2.24) is 0 Å². The molecule has 0 saturated heterocycles. The van der Waals surface area contributed by atoms with Crippen LogP contribution in [0.3, 0.4) is 0 Å². The second kappa shape index (κ2) is 37.2. The molecule has 3 radical (unpaired) electrons. The van der Waals surface area contributed by atoms with Crippen molar-refractivity contribution in [2.45, 2.75) is 26.3 Å². The molecule has 0 aromatic carbocycles. The molecule has 3 nitrogen and oxygen atoms in total. The number of aliphatic carboxylic acids is 1. The number of carboxylic acid groups (broad SMARTS) is 1. The predicted molar refractivity (Wildman–Crippen MR) is 52.2 cm³/mol. The summed E-state index contributed by atoms with van der Waals surface area (Å²) in [5, 5.41) is 8.31. The summed E-state index contributed by atoms with van der Waals surface area (Å²) in [5.74, 6) is -0.556. The average Bonchev–Trinajstić information content (AvgIpc) is 1.63. The van der Waals surface area contributed by atoms with Crippen molar-refractivity contribution in [2.75, 3.05) is 0 Å². The fourth-order valence-corrected chi connectivity index (χ4v) is 0.609. The van der Waals surface area contributed by atoms with E-state index in [1.165, 1.54) is 0 Å². The van der Waals surface area contributed by atoms with Gasteiger partial charge in [-0.15, -0.1) is 0 Å². The smallest absolute Gasteiger partial charge is 0 e. The van der Waals surface area contributed by atoms with Crippen molar-refractivity contribution in [3.8, 4) is 0 Å². The van der Waals surface area contributed by atoms with Gasteiger partial charge >= 0.3 is 66.8 Å². The van der Waals surface area contributed by atoms with E-state index in [0.29, 0.717) is 12.3 Å². The predicted octanol–water partition coefficient (Wildman–Crippen LogP) is -1.40. The molecular weight excluding hydrogens is 533 g/mol. The van der Waals surface area contributed by atoms with Crippen molar-refractivity contribution in [2.24, 2.45) is 11.7 Å². The zero-order valence-corrected chi connectivity index (χ0v) is 16.8. The molecule has 0 aliphatic rings. The molecule has 0 spiro atoms. The second-order valence-electron chi connectivity index (χ2n) is 2.57. The van der Waals surface area contributed by atoms with E-state index in [4.69, 9.17) is 10.8 Å². The number of carboxylic acids is 1. The van der Waals surface area contributed by atoms with Gasteiger partial charge in [-0.25, -0.2) is 0 Å². The quantitative estimate of drug-likeness (QED) is 0.426. The van der Waals surface area contributed by atoms with E-state index in [1.54, 1.807) is 0 Å². The van der Waals surface area contributed by atoms with Crippen LogP contribution >= 0.6 is 0 Å². The molecule has 1 unspecified atom stereocenters. The third-order valence-electron chi connectivity index (χ3n) is 1.04. The molecule has 0 bridgehead atoms. The van der Waals surface area contributed by atoms with Crippen LogP contribution in [0.2, 0.25) is 0 Å². The largest absolute Gasteiger partial charge is 0.316 e. The average molecular weight is 550 g/mol. The minimum atomic E-state index is -0.913. The van der Waals surface area contributed by atoms with Crippen molar-refractivity contribution in [3.05, 3.63) is 0 Å². The first-order valence-corrected chi connectivity index (χ1v) is 3.02. The van der Waals surface area contributed by atoms with Gasteiger partial charge in [0.2, 0.25) is 0 Å². The Labute approximate surface area is 215 Å². The molecule has 0 heterocycles. The molecule has 11 heteroatoms. The van der Waals surface area contributed by atoms with Crippen LogP contribution < -0.4 is 5.73 Å². The summed E-state index contributed by atoms with van der Waals surface area (Å²) in [7, 11) is 0. The van der Waals surface area contributed by atoms with Crippen LogP contribution in [0.1, 0.15) is 20.3 Å². The van der Waals surface area contributed by atoms with Gasteiger partial charge in [-0.2, -0.15) is 0 Å². The van der Waals surface area contributed by atoms with Gasteiger partial charge in [-0.1, -0.05) is 13.8 Å². The second-order valence-corrected chi connectivity index (χ2v) is 2.57. The molecule has 0 saturated carbocycles. The van der Waals surface area contributed by atoms with Crippen LogP contribution in [0.25, 0.3) is 0 Å².